The molecule has 0 aliphatic heterocycles. The quantitative estimate of drug-likeness (QED) is 0.485. The SMILES string of the molecule is CC(=O)c1cc2c(c(C(C)=O)c1C)C(c1cccc(C)c1)=C(c1cccc(C)c1)C2=O. The summed E-state index contributed by atoms with van der Waals surface area (Å²) < 4.78 is 0. The van der Waals surface area contributed by atoms with Gasteiger partial charge in [0.2, 0.25) is 0 Å². The molecule has 154 valence electrons. The van der Waals surface area contributed by atoms with Crippen molar-refractivity contribution in [3.05, 3.63) is 105 Å². The molecule has 0 amide bonds. The third-order valence-corrected chi connectivity index (χ3v) is 5.90. The third kappa shape index (κ3) is 3.36. The first-order chi connectivity index (χ1) is 14.7. The summed E-state index contributed by atoms with van der Waals surface area (Å²) in [6.45, 7) is 8.74. The van der Waals surface area contributed by atoms with Crippen LogP contribution < -0.4 is 0 Å². The second-order valence-electron chi connectivity index (χ2n) is 8.28. The van der Waals surface area contributed by atoms with Gasteiger partial charge in [0, 0.05) is 33.4 Å². The Bertz CT molecular complexity index is 1320. The van der Waals surface area contributed by atoms with E-state index in [1.165, 1.54) is 13.8 Å². The first kappa shape index (κ1) is 20.7. The molecule has 0 atom stereocenters. The van der Waals surface area contributed by atoms with Gasteiger partial charge in [-0.2, -0.15) is 0 Å². The molecule has 0 spiro atoms. The molecule has 1 aliphatic rings. The lowest BCUT2D eigenvalue weighted by molar-refractivity contribution is 0.101. The van der Waals surface area contributed by atoms with E-state index >= 15 is 0 Å². The Labute approximate surface area is 182 Å². The Hall–Kier alpha value is -3.59. The van der Waals surface area contributed by atoms with Crippen LogP contribution in [0.4, 0.5) is 0 Å². The summed E-state index contributed by atoms with van der Waals surface area (Å²) in [5, 5.41) is 0. The highest BCUT2D eigenvalue weighted by Gasteiger charge is 2.36. The van der Waals surface area contributed by atoms with E-state index in [0.717, 1.165) is 27.8 Å². The average Bonchev–Trinajstić information content (AvgIpc) is 2.99. The number of ketones is 3. The molecule has 3 nitrogen and oxygen atoms in total. The van der Waals surface area contributed by atoms with Crippen LogP contribution in [-0.4, -0.2) is 17.3 Å². The topological polar surface area (TPSA) is 51.2 Å². The fraction of sp³-hybridized carbons (Fsp3) is 0.179. The van der Waals surface area contributed by atoms with Gasteiger partial charge in [0.05, 0.1) is 0 Å². The van der Waals surface area contributed by atoms with Crippen molar-refractivity contribution in [2.45, 2.75) is 34.6 Å². The average molecular weight is 408 g/mol. The van der Waals surface area contributed by atoms with E-state index in [0.29, 0.717) is 33.4 Å². The number of rotatable bonds is 4. The molecule has 0 heterocycles. The minimum Gasteiger partial charge on any atom is -0.295 e. The monoisotopic (exact) mass is 408 g/mol. The van der Waals surface area contributed by atoms with E-state index in [1.54, 1.807) is 13.0 Å². The minimum atomic E-state index is -0.156. The van der Waals surface area contributed by atoms with E-state index in [2.05, 4.69) is 0 Å². The summed E-state index contributed by atoms with van der Waals surface area (Å²) in [5.74, 6) is -0.459. The van der Waals surface area contributed by atoms with Crippen molar-refractivity contribution in [1.29, 1.82) is 0 Å². The molecular weight excluding hydrogens is 384 g/mol. The summed E-state index contributed by atoms with van der Waals surface area (Å²) in [4.78, 5) is 38.9. The standard InChI is InChI=1S/C28H24O3/c1-15-8-6-10-20(12-15)25-26(21-11-7-9-16(2)13-21)28(31)23-14-22(18(4)29)17(3)24(19(5)30)27(23)25/h6-14H,1-5H3. The Morgan fingerprint density at radius 1 is 0.710 bits per heavy atom. The molecule has 0 unspecified atom stereocenters. The molecule has 0 bridgehead atoms. The Balaban J connectivity index is 2.18. The smallest absolute Gasteiger partial charge is 0.194 e. The molecular formula is C28H24O3. The number of hydrogen-bond donors (Lipinski definition) is 0. The normalized spacial score (nSPS) is 12.9. The maximum atomic E-state index is 13.8. The van der Waals surface area contributed by atoms with E-state index in [1.807, 2.05) is 62.4 Å². The number of allylic oxidation sites excluding steroid dienone is 1. The van der Waals surface area contributed by atoms with Crippen LogP contribution in [0.5, 0.6) is 0 Å². The highest BCUT2D eigenvalue weighted by Crippen LogP contribution is 2.45. The molecule has 0 N–H and O–H groups in total. The number of fused-ring (bicyclic) bond motifs is 1. The second kappa shape index (κ2) is 7.59. The van der Waals surface area contributed by atoms with E-state index in [-0.39, 0.29) is 17.3 Å². The first-order valence-corrected chi connectivity index (χ1v) is 10.3. The molecule has 0 fully saturated rings. The number of benzene rings is 3. The summed E-state index contributed by atoms with van der Waals surface area (Å²) >= 11 is 0. The molecule has 4 rings (SSSR count). The largest absolute Gasteiger partial charge is 0.295 e. The van der Waals surface area contributed by atoms with E-state index in [4.69, 9.17) is 0 Å². The van der Waals surface area contributed by atoms with Gasteiger partial charge >= 0.3 is 0 Å². The zero-order chi connectivity index (χ0) is 22.4. The zero-order valence-electron chi connectivity index (χ0n) is 18.4. The molecule has 3 heteroatoms. The summed E-state index contributed by atoms with van der Waals surface area (Å²) in [6.07, 6.45) is 0. The lowest BCUT2D eigenvalue weighted by Gasteiger charge is -2.16. The van der Waals surface area contributed by atoms with Gasteiger partial charge in [-0.3, -0.25) is 14.4 Å². The summed E-state index contributed by atoms with van der Waals surface area (Å²) in [7, 11) is 0. The molecule has 0 aromatic heterocycles. The molecule has 0 saturated heterocycles. The highest BCUT2D eigenvalue weighted by molar-refractivity contribution is 6.42. The predicted octanol–water partition coefficient (Wildman–Crippen LogP) is 6.17. The van der Waals surface area contributed by atoms with Crippen molar-refractivity contribution in [2.75, 3.05) is 0 Å². The molecule has 3 aromatic rings. The van der Waals surface area contributed by atoms with Crippen LogP contribution in [0, 0.1) is 20.8 Å². The predicted molar refractivity (Wildman–Crippen MR) is 124 cm³/mol. The minimum absolute atomic E-state index is 0.151. The van der Waals surface area contributed by atoms with Crippen molar-refractivity contribution in [1.82, 2.24) is 0 Å². The van der Waals surface area contributed by atoms with Gasteiger partial charge in [-0.1, -0.05) is 59.7 Å². The number of carbonyl (C=O) groups is 3. The van der Waals surface area contributed by atoms with Crippen LogP contribution in [0.3, 0.4) is 0 Å². The number of hydrogen-bond acceptors (Lipinski definition) is 3. The van der Waals surface area contributed by atoms with Crippen LogP contribution in [0.2, 0.25) is 0 Å². The van der Waals surface area contributed by atoms with Crippen molar-refractivity contribution in [3.8, 4) is 0 Å². The lowest BCUT2D eigenvalue weighted by Crippen LogP contribution is -2.10. The van der Waals surface area contributed by atoms with Crippen LogP contribution in [0.15, 0.2) is 54.6 Å². The lowest BCUT2D eigenvalue weighted by atomic mass is 9.85. The molecule has 3 aromatic carbocycles. The number of Topliss-reactive ketones (excluding diaryl/α,β-unsaturated/α-hetero) is 3. The Morgan fingerprint density at radius 2 is 1.26 bits per heavy atom. The Kier molecular flexibility index (Phi) is 5.06. The fourth-order valence-electron chi connectivity index (χ4n) is 4.56. The van der Waals surface area contributed by atoms with Gasteiger partial charge in [-0.05, 0) is 57.4 Å². The molecule has 1 aliphatic carbocycles. The van der Waals surface area contributed by atoms with Crippen molar-refractivity contribution < 1.29 is 14.4 Å². The molecule has 0 saturated carbocycles. The Morgan fingerprint density at radius 3 is 1.74 bits per heavy atom. The van der Waals surface area contributed by atoms with Gasteiger partial charge < -0.3 is 0 Å². The van der Waals surface area contributed by atoms with Crippen LogP contribution in [0.1, 0.15) is 78.3 Å². The van der Waals surface area contributed by atoms with Gasteiger partial charge in [0.1, 0.15) is 0 Å². The van der Waals surface area contributed by atoms with E-state index < -0.39 is 0 Å². The van der Waals surface area contributed by atoms with Gasteiger partial charge in [-0.15, -0.1) is 0 Å². The van der Waals surface area contributed by atoms with Crippen LogP contribution in [0.25, 0.3) is 11.1 Å². The van der Waals surface area contributed by atoms with Gasteiger partial charge in [-0.25, -0.2) is 0 Å². The summed E-state index contributed by atoms with van der Waals surface area (Å²) in [5.41, 5.74) is 7.72. The van der Waals surface area contributed by atoms with Gasteiger partial charge in [0.25, 0.3) is 0 Å². The van der Waals surface area contributed by atoms with E-state index in [9.17, 15) is 14.4 Å². The number of carbonyl (C=O) groups excluding carboxylic acids is 3. The maximum Gasteiger partial charge on any atom is 0.194 e. The second-order valence-corrected chi connectivity index (χ2v) is 8.28. The van der Waals surface area contributed by atoms with Crippen LogP contribution in [-0.2, 0) is 0 Å². The van der Waals surface area contributed by atoms with Crippen LogP contribution >= 0.6 is 0 Å². The molecule has 31 heavy (non-hydrogen) atoms. The number of aryl methyl sites for hydroxylation is 2. The van der Waals surface area contributed by atoms with Crippen molar-refractivity contribution in [3.63, 3.8) is 0 Å². The first-order valence-electron chi connectivity index (χ1n) is 10.3. The summed E-state index contributed by atoms with van der Waals surface area (Å²) in [6, 6.07) is 17.5. The maximum absolute atomic E-state index is 13.8. The fourth-order valence-corrected chi connectivity index (χ4v) is 4.56. The third-order valence-electron chi connectivity index (χ3n) is 5.90. The van der Waals surface area contributed by atoms with Gasteiger partial charge in [0.15, 0.2) is 17.3 Å². The van der Waals surface area contributed by atoms with Crippen molar-refractivity contribution in [2.24, 2.45) is 0 Å². The van der Waals surface area contributed by atoms with Crippen molar-refractivity contribution >= 4 is 28.5 Å². The highest BCUT2D eigenvalue weighted by atomic mass is 16.1. The zero-order valence-corrected chi connectivity index (χ0v) is 18.4. The molecule has 0 radical (unpaired) electrons.